The zero-order valence-electron chi connectivity index (χ0n) is 19.8. The number of carbonyl (C=O) groups is 1. The van der Waals surface area contributed by atoms with Crippen molar-refractivity contribution in [1.29, 1.82) is 0 Å². The summed E-state index contributed by atoms with van der Waals surface area (Å²) in [4.78, 5) is 28.2. The molecule has 2 aromatic carbocycles. The van der Waals surface area contributed by atoms with Crippen LogP contribution in [0.3, 0.4) is 0 Å². The highest BCUT2D eigenvalue weighted by Gasteiger charge is 2.20. The van der Waals surface area contributed by atoms with Crippen LogP contribution in [-0.4, -0.2) is 46.0 Å². The standard InChI is InChI=1S/C20H17N3O2.C7H15N/c1-13-15-10-6-7-11-16(15)23-17(19(24)21-2)12-22(20(25)18(13)23)14-8-4-3-5-9-14;1-7(2)8-5-3-4-6-8/h3-12H,1-2H3,(H,21,24);7H,3-6H2,1-2H3. The van der Waals surface area contributed by atoms with E-state index in [0.717, 1.165) is 28.2 Å². The number of hydrogen-bond acceptors (Lipinski definition) is 3. The molecule has 0 aliphatic carbocycles. The Hall–Kier alpha value is -3.38. The Morgan fingerprint density at radius 3 is 2.21 bits per heavy atom. The number of aromatic nitrogens is 2. The van der Waals surface area contributed by atoms with Gasteiger partial charge in [0.1, 0.15) is 11.2 Å². The van der Waals surface area contributed by atoms with Gasteiger partial charge in [-0.05, 0) is 70.5 Å². The van der Waals surface area contributed by atoms with E-state index in [2.05, 4.69) is 24.1 Å². The number of carbonyl (C=O) groups excluding carboxylic acids is 1. The summed E-state index contributed by atoms with van der Waals surface area (Å²) < 4.78 is 3.29. The van der Waals surface area contributed by atoms with Gasteiger partial charge < -0.3 is 10.2 Å². The number of aryl methyl sites for hydroxylation is 1. The fraction of sp³-hybridized carbons (Fsp3) is 0.333. The van der Waals surface area contributed by atoms with Gasteiger partial charge >= 0.3 is 0 Å². The normalized spacial score (nSPS) is 14.0. The number of fused-ring (bicyclic) bond motifs is 3. The molecule has 4 aromatic rings. The van der Waals surface area contributed by atoms with Gasteiger partial charge in [0, 0.05) is 30.4 Å². The summed E-state index contributed by atoms with van der Waals surface area (Å²) in [6.07, 6.45) is 4.44. The van der Waals surface area contributed by atoms with Gasteiger partial charge in [-0.2, -0.15) is 0 Å². The monoisotopic (exact) mass is 444 g/mol. The van der Waals surface area contributed by atoms with Crippen LogP contribution in [0, 0.1) is 6.92 Å². The molecule has 172 valence electrons. The number of amides is 1. The van der Waals surface area contributed by atoms with Gasteiger partial charge in [-0.3, -0.25) is 18.6 Å². The largest absolute Gasteiger partial charge is 0.354 e. The number of benzene rings is 2. The molecule has 0 atom stereocenters. The highest BCUT2D eigenvalue weighted by atomic mass is 16.2. The van der Waals surface area contributed by atoms with Crippen molar-refractivity contribution in [2.45, 2.75) is 39.7 Å². The third-order valence-electron chi connectivity index (χ3n) is 6.41. The summed E-state index contributed by atoms with van der Waals surface area (Å²) in [6, 6.07) is 17.8. The smallest absolute Gasteiger partial charge is 0.279 e. The molecule has 0 bridgehead atoms. The van der Waals surface area contributed by atoms with E-state index in [1.54, 1.807) is 17.6 Å². The fourth-order valence-electron chi connectivity index (χ4n) is 4.59. The molecule has 0 saturated carbocycles. The van der Waals surface area contributed by atoms with Crippen LogP contribution in [0.5, 0.6) is 0 Å². The van der Waals surface area contributed by atoms with Gasteiger partial charge in [-0.25, -0.2) is 0 Å². The highest BCUT2D eigenvalue weighted by molar-refractivity contribution is 5.99. The van der Waals surface area contributed by atoms with Crippen LogP contribution in [0.2, 0.25) is 0 Å². The summed E-state index contributed by atoms with van der Waals surface area (Å²) in [6.45, 7) is 9.12. The van der Waals surface area contributed by atoms with Crippen LogP contribution in [0.4, 0.5) is 0 Å². The number of para-hydroxylation sites is 2. The Morgan fingerprint density at radius 2 is 1.61 bits per heavy atom. The van der Waals surface area contributed by atoms with E-state index in [0.29, 0.717) is 11.2 Å². The SMILES string of the molecule is CC(C)N1CCCC1.CNC(=O)c1cn(-c2ccccc2)c(=O)c2c(C)c3ccccc3n12. The molecule has 1 aliphatic rings. The molecule has 3 heterocycles. The first-order chi connectivity index (χ1) is 15.9. The van der Waals surface area contributed by atoms with Crippen molar-refractivity contribution < 1.29 is 4.79 Å². The van der Waals surface area contributed by atoms with Crippen molar-refractivity contribution in [3.63, 3.8) is 0 Å². The Bertz CT molecular complexity index is 1330. The van der Waals surface area contributed by atoms with Gasteiger partial charge in [0.2, 0.25) is 0 Å². The second kappa shape index (κ2) is 9.63. The van der Waals surface area contributed by atoms with E-state index < -0.39 is 0 Å². The molecular formula is C27H32N4O2. The maximum atomic E-state index is 13.2. The van der Waals surface area contributed by atoms with Crippen LogP contribution in [0.1, 0.15) is 42.7 Å². The lowest BCUT2D eigenvalue weighted by Crippen LogP contribution is -2.28. The Kier molecular flexibility index (Phi) is 6.65. The quantitative estimate of drug-likeness (QED) is 0.510. The minimum Gasteiger partial charge on any atom is -0.354 e. The lowest BCUT2D eigenvalue weighted by Gasteiger charge is -2.18. The fourth-order valence-corrected chi connectivity index (χ4v) is 4.59. The first-order valence-electron chi connectivity index (χ1n) is 11.6. The first kappa shape index (κ1) is 22.8. The van der Waals surface area contributed by atoms with Crippen LogP contribution < -0.4 is 10.9 Å². The van der Waals surface area contributed by atoms with Gasteiger partial charge in [0.25, 0.3) is 11.5 Å². The van der Waals surface area contributed by atoms with Gasteiger partial charge in [-0.15, -0.1) is 0 Å². The van der Waals surface area contributed by atoms with E-state index in [-0.39, 0.29) is 11.5 Å². The van der Waals surface area contributed by atoms with Crippen molar-refractivity contribution in [2.24, 2.45) is 0 Å². The van der Waals surface area contributed by atoms with Gasteiger partial charge in [-0.1, -0.05) is 36.4 Å². The van der Waals surface area contributed by atoms with Crippen molar-refractivity contribution in [2.75, 3.05) is 20.1 Å². The zero-order chi connectivity index (χ0) is 23.5. The summed E-state index contributed by atoms with van der Waals surface area (Å²) in [5.74, 6) is -0.240. The van der Waals surface area contributed by atoms with Gasteiger partial charge in [0.15, 0.2) is 0 Å². The number of likely N-dealkylation sites (tertiary alicyclic amines) is 1. The van der Waals surface area contributed by atoms with Crippen molar-refractivity contribution in [3.8, 4) is 5.69 Å². The minimum absolute atomic E-state index is 0.146. The number of rotatable bonds is 3. The van der Waals surface area contributed by atoms with E-state index in [1.165, 1.54) is 30.5 Å². The minimum atomic E-state index is -0.240. The molecule has 1 N–H and O–H groups in total. The lowest BCUT2D eigenvalue weighted by molar-refractivity contribution is 0.0956. The topological polar surface area (TPSA) is 58.8 Å². The second-order valence-corrected chi connectivity index (χ2v) is 8.77. The summed E-state index contributed by atoms with van der Waals surface area (Å²) in [5, 5.41) is 3.64. The maximum absolute atomic E-state index is 13.2. The van der Waals surface area contributed by atoms with Gasteiger partial charge in [0.05, 0.1) is 5.52 Å². The molecule has 0 unspecified atom stereocenters. The summed E-state index contributed by atoms with van der Waals surface area (Å²) in [5.41, 5.74) is 3.25. The molecule has 6 nitrogen and oxygen atoms in total. The second-order valence-electron chi connectivity index (χ2n) is 8.77. The average Bonchev–Trinajstić information content (AvgIpc) is 3.48. The molecule has 2 aromatic heterocycles. The first-order valence-corrected chi connectivity index (χ1v) is 11.6. The molecule has 1 saturated heterocycles. The summed E-state index contributed by atoms with van der Waals surface area (Å²) >= 11 is 0. The Morgan fingerprint density at radius 1 is 0.970 bits per heavy atom. The van der Waals surface area contributed by atoms with Crippen LogP contribution in [0.25, 0.3) is 22.1 Å². The molecule has 1 aliphatic heterocycles. The lowest BCUT2D eigenvalue weighted by atomic mass is 10.2. The zero-order valence-corrected chi connectivity index (χ0v) is 19.8. The number of nitrogens with zero attached hydrogens (tertiary/aromatic N) is 3. The van der Waals surface area contributed by atoms with E-state index in [4.69, 9.17) is 0 Å². The van der Waals surface area contributed by atoms with E-state index >= 15 is 0 Å². The van der Waals surface area contributed by atoms with Crippen molar-refractivity contribution in [1.82, 2.24) is 19.2 Å². The predicted octanol–water partition coefficient (Wildman–Crippen LogP) is 4.40. The molecule has 0 spiro atoms. The Labute approximate surface area is 194 Å². The summed E-state index contributed by atoms with van der Waals surface area (Å²) in [7, 11) is 1.59. The average molecular weight is 445 g/mol. The van der Waals surface area contributed by atoms with Crippen LogP contribution in [0.15, 0.2) is 65.6 Å². The molecule has 5 rings (SSSR count). The van der Waals surface area contributed by atoms with Crippen molar-refractivity contribution >= 4 is 22.3 Å². The van der Waals surface area contributed by atoms with E-state index in [1.807, 2.05) is 61.5 Å². The van der Waals surface area contributed by atoms with Crippen LogP contribution >= 0.6 is 0 Å². The number of nitrogens with one attached hydrogen (secondary N) is 1. The van der Waals surface area contributed by atoms with Crippen LogP contribution in [-0.2, 0) is 0 Å². The highest BCUT2D eigenvalue weighted by Crippen LogP contribution is 2.25. The molecular weight excluding hydrogens is 412 g/mol. The molecule has 6 heteroatoms. The molecule has 0 radical (unpaired) electrons. The third kappa shape index (κ3) is 4.31. The maximum Gasteiger partial charge on any atom is 0.279 e. The third-order valence-corrected chi connectivity index (χ3v) is 6.41. The molecule has 1 amide bonds. The van der Waals surface area contributed by atoms with E-state index in [9.17, 15) is 9.59 Å². The predicted molar refractivity (Wildman–Crippen MR) is 135 cm³/mol. The molecule has 1 fully saturated rings. The Balaban J connectivity index is 0.000000275. The number of hydrogen-bond donors (Lipinski definition) is 1. The van der Waals surface area contributed by atoms with Crippen molar-refractivity contribution in [3.05, 3.63) is 82.4 Å². The molecule has 33 heavy (non-hydrogen) atoms.